The Balaban J connectivity index is 1.40. The lowest BCUT2D eigenvalue weighted by molar-refractivity contribution is 0.0300. The van der Waals surface area contributed by atoms with Crippen LogP contribution in [0.15, 0.2) is 0 Å². The van der Waals surface area contributed by atoms with Gasteiger partial charge in [-0.15, -0.1) is 0 Å². The summed E-state index contributed by atoms with van der Waals surface area (Å²) in [6, 6.07) is 0. The van der Waals surface area contributed by atoms with Gasteiger partial charge in [0.25, 0.3) is 0 Å². The summed E-state index contributed by atoms with van der Waals surface area (Å²) in [5, 5.41) is 13.7. The predicted molar refractivity (Wildman–Crippen MR) is 81.8 cm³/mol. The average molecular weight is 281 g/mol. The second-order valence-electron chi connectivity index (χ2n) is 7.06. The summed E-state index contributed by atoms with van der Waals surface area (Å²) in [4.78, 5) is 4.92. The third-order valence-electron chi connectivity index (χ3n) is 5.52. The standard InChI is InChI=1S/C16H31N3O/c20-16(12-18-9-6-17-7-10-18)13-19-8-5-14-3-1-2-4-15(14)11-19/h14-17,20H,1-13H2. The number of piperazine rings is 1. The zero-order valence-electron chi connectivity index (χ0n) is 12.8. The molecule has 1 aliphatic carbocycles. The smallest absolute Gasteiger partial charge is 0.0793 e. The van der Waals surface area contributed by atoms with Crippen LogP contribution in [-0.4, -0.2) is 73.4 Å². The molecule has 2 N–H and O–H groups in total. The third-order valence-corrected chi connectivity index (χ3v) is 5.52. The summed E-state index contributed by atoms with van der Waals surface area (Å²) in [7, 11) is 0. The van der Waals surface area contributed by atoms with Gasteiger partial charge in [-0.1, -0.05) is 19.3 Å². The second kappa shape index (κ2) is 7.21. The van der Waals surface area contributed by atoms with Crippen molar-refractivity contribution in [2.75, 3.05) is 52.4 Å². The van der Waals surface area contributed by atoms with Crippen molar-refractivity contribution in [1.29, 1.82) is 0 Å². The van der Waals surface area contributed by atoms with E-state index in [0.29, 0.717) is 0 Å². The first kappa shape index (κ1) is 14.8. The Morgan fingerprint density at radius 1 is 0.900 bits per heavy atom. The first-order valence-electron chi connectivity index (χ1n) is 8.65. The molecule has 0 amide bonds. The Labute approximate surface area is 123 Å². The van der Waals surface area contributed by atoms with Gasteiger partial charge in [-0.3, -0.25) is 4.90 Å². The van der Waals surface area contributed by atoms with Crippen LogP contribution in [-0.2, 0) is 0 Å². The fraction of sp³-hybridized carbons (Fsp3) is 1.00. The first-order chi connectivity index (χ1) is 9.81. The van der Waals surface area contributed by atoms with Crippen molar-refractivity contribution >= 4 is 0 Å². The molecule has 0 bridgehead atoms. The normalized spacial score (nSPS) is 34.6. The van der Waals surface area contributed by atoms with Gasteiger partial charge in [-0.05, 0) is 31.2 Å². The SMILES string of the molecule is OC(CN1CCNCC1)CN1CCC2CCCCC2C1. The highest BCUT2D eigenvalue weighted by molar-refractivity contribution is 4.84. The van der Waals surface area contributed by atoms with Gasteiger partial charge in [-0.25, -0.2) is 0 Å². The Hall–Kier alpha value is -0.160. The van der Waals surface area contributed by atoms with Crippen LogP contribution in [0.4, 0.5) is 0 Å². The first-order valence-corrected chi connectivity index (χ1v) is 8.65. The Kier molecular flexibility index (Phi) is 5.32. The summed E-state index contributed by atoms with van der Waals surface area (Å²) >= 11 is 0. The van der Waals surface area contributed by atoms with Crippen LogP contribution in [0.25, 0.3) is 0 Å². The van der Waals surface area contributed by atoms with E-state index in [1.165, 1.54) is 45.2 Å². The maximum Gasteiger partial charge on any atom is 0.0793 e. The minimum absolute atomic E-state index is 0.173. The van der Waals surface area contributed by atoms with E-state index in [1.54, 1.807) is 0 Å². The summed E-state index contributed by atoms with van der Waals surface area (Å²) in [5.74, 6) is 1.91. The van der Waals surface area contributed by atoms with Gasteiger partial charge >= 0.3 is 0 Å². The van der Waals surface area contributed by atoms with Crippen molar-refractivity contribution in [3.8, 4) is 0 Å². The zero-order chi connectivity index (χ0) is 13.8. The Bertz CT molecular complexity index is 293. The number of aliphatic hydroxyl groups excluding tert-OH is 1. The van der Waals surface area contributed by atoms with E-state index < -0.39 is 0 Å². The zero-order valence-corrected chi connectivity index (χ0v) is 12.8. The monoisotopic (exact) mass is 281 g/mol. The largest absolute Gasteiger partial charge is 0.390 e. The molecule has 0 aromatic rings. The molecule has 3 aliphatic rings. The molecule has 3 fully saturated rings. The van der Waals surface area contributed by atoms with E-state index >= 15 is 0 Å². The van der Waals surface area contributed by atoms with Crippen LogP contribution < -0.4 is 5.32 Å². The molecule has 116 valence electrons. The number of hydrogen-bond acceptors (Lipinski definition) is 4. The maximum absolute atomic E-state index is 10.3. The highest BCUT2D eigenvalue weighted by Crippen LogP contribution is 2.35. The van der Waals surface area contributed by atoms with Crippen molar-refractivity contribution in [3.05, 3.63) is 0 Å². The molecule has 2 aliphatic heterocycles. The van der Waals surface area contributed by atoms with Crippen LogP contribution in [0.2, 0.25) is 0 Å². The average Bonchev–Trinajstić information content (AvgIpc) is 2.48. The van der Waals surface area contributed by atoms with E-state index in [0.717, 1.165) is 51.1 Å². The number of piperidine rings is 1. The summed E-state index contributed by atoms with van der Waals surface area (Å²) in [6.45, 7) is 8.49. The van der Waals surface area contributed by atoms with Crippen LogP contribution in [0, 0.1) is 11.8 Å². The molecule has 2 heterocycles. The van der Waals surface area contributed by atoms with E-state index in [2.05, 4.69) is 15.1 Å². The maximum atomic E-state index is 10.3. The van der Waals surface area contributed by atoms with Gasteiger partial charge in [0, 0.05) is 45.8 Å². The number of fused-ring (bicyclic) bond motifs is 1. The number of nitrogens with zero attached hydrogens (tertiary/aromatic N) is 2. The number of rotatable bonds is 4. The highest BCUT2D eigenvalue weighted by Gasteiger charge is 2.31. The number of hydrogen-bond donors (Lipinski definition) is 2. The summed E-state index contributed by atoms with van der Waals surface area (Å²) in [6.07, 6.45) is 6.96. The topological polar surface area (TPSA) is 38.7 Å². The molecule has 0 radical (unpaired) electrons. The van der Waals surface area contributed by atoms with Gasteiger partial charge in [0.15, 0.2) is 0 Å². The van der Waals surface area contributed by atoms with Crippen LogP contribution in [0.5, 0.6) is 0 Å². The van der Waals surface area contributed by atoms with Gasteiger partial charge < -0.3 is 15.3 Å². The van der Waals surface area contributed by atoms with Gasteiger partial charge in [0.2, 0.25) is 0 Å². The van der Waals surface area contributed by atoms with E-state index in [-0.39, 0.29) is 6.10 Å². The van der Waals surface area contributed by atoms with Gasteiger partial charge in [0.1, 0.15) is 0 Å². The lowest BCUT2D eigenvalue weighted by Crippen LogP contribution is -2.50. The van der Waals surface area contributed by atoms with Crippen molar-refractivity contribution in [1.82, 2.24) is 15.1 Å². The van der Waals surface area contributed by atoms with Gasteiger partial charge in [-0.2, -0.15) is 0 Å². The molecule has 0 aromatic heterocycles. The Morgan fingerprint density at radius 2 is 1.60 bits per heavy atom. The number of likely N-dealkylation sites (tertiary alicyclic amines) is 1. The number of aliphatic hydroxyl groups is 1. The van der Waals surface area contributed by atoms with Crippen molar-refractivity contribution in [2.45, 2.75) is 38.2 Å². The molecule has 3 rings (SSSR count). The summed E-state index contributed by atoms with van der Waals surface area (Å²) < 4.78 is 0. The van der Waals surface area contributed by atoms with E-state index in [4.69, 9.17) is 0 Å². The van der Waals surface area contributed by atoms with Crippen LogP contribution in [0.3, 0.4) is 0 Å². The molecular formula is C16H31N3O. The minimum atomic E-state index is -0.173. The molecule has 4 heteroatoms. The molecule has 3 atom stereocenters. The van der Waals surface area contributed by atoms with Crippen molar-refractivity contribution < 1.29 is 5.11 Å². The molecule has 3 unspecified atom stereocenters. The molecule has 0 spiro atoms. The summed E-state index contributed by atoms with van der Waals surface area (Å²) in [5.41, 5.74) is 0. The van der Waals surface area contributed by atoms with Crippen molar-refractivity contribution in [3.63, 3.8) is 0 Å². The fourth-order valence-corrected chi connectivity index (χ4v) is 4.39. The number of β-amino-alcohol motifs (C(OH)–C–C–N with tert-alkyl or cyclic N) is 1. The van der Waals surface area contributed by atoms with Gasteiger partial charge in [0.05, 0.1) is 6.10 Å². The second-order valence-corrected chi connectivity index (χ2v) is 7.06. The fourth-order valence-electron chi connectivity index (χ4n) is 4.39. The lowest BCUT2D eigenvalue weighted by Gasteiger charge is -2.42. The number of nitrogens with one attached hydrogen (secondary N) is 1. The Morgan fingerprint density at radius 3 is 2.40 bits per heavy atom. The predicted octanol–water partition coefficient (Wildman–Crippen LogP) is 0.765. The van der Waals surface area contributed by atoms with E-state index in [1.807, 2.05) is 0 Å². The highest BCUT2D eigenvalue weighted by atomic mass is 16.3. The minimum Gasteiger partial charge on any atom is -0.390 e. The molecule has 20 heavy (non-hydrogen) atoms. The van der Waals surface area contributed by atoms with E-state index in [9.17, 15) is 5.11 Å². The molecule has 0 aromatic carbocycles. The van der Waals surface area contributed by atoms with Crippen LogP contribution in [0.1, 0.15) is 32.1 Å². The molecule has 4 nitrogen and oxygen atoms in total. The molecule has 2 saturated heterocycles. The lowest BCUT2D eigenvalue weighted by atomic mass is 9.75. The quantitative estimate of drug-likeness (QED) is 0.798. The van der Waals surface area contributed by atoms with Crippen molar-refractivity contribution in [2.24, 2.45) is 11.8 Å². The third kappa shape index (κ3) is 3.94. The molecular weight excluding hydrogens is 250 g/mol. The van der Waals surface area contributed by atoms with Crippen LogP contribution >= 0.6 is 0 Å². The molecule has 1 saturated carbocycles.